The molecule has 0 aliphatic rings. The predicted molar refractivity (Wildman–Crippen MR) is 172 cm³/mol. The second-order valence-corrected chi connectivity index (χ2v) is 14.9. The third-order valence-electron chi connectivity index (χ3n) is 7.41. The van der Waals surface area contributed by atoms with Gasteiger partial charge in [-0.3, -0.25) is 0 Å². The largest absolute Gasteiger partial charge is 0.492 e. The van der Waals surface area contributed by atoms with Crippen LogP contribution < -0.4 is 20.1 Å². The van der Waals surface area contributed by atoms with Crippen molar-refractivity contribution in [2.45, 2.75) is 104 Å². The molecule has 0 unspecified atom stereocenters. The molecule has 0 aliphatic carbocycles. The topological polar surface area (TPSA) is 77.1 Å². The molecule has 4 heterocycles. The molecule has 0 fully saturated rings. The van der Waals surface area contributed by atoms with Gasteiger partial charge in [0.1, 0.15) is 29.4 Å². The smallest absolute Gasteiger partial charge is 0.137 e. The zero-order valence-corrected chi connectivity index (χ0v) is 27.5. The van der Waals surface area contributed by atoms with E-state index in [0.717, 1.165) is 60.1 Å². The van der Waals surface area contributed by atoms with E-state index in [4.69, 9.17) is 19.4 Å². The second-order valence-electron chi connectivity index (χ2n) is 14.9. The van der Waals surface area contributed by atoms with Crippen LogP contribution in [-0.4, -0.2) is 56.2 Å². The maximum absolute atomic E-state index is 6.07. The molecular weight excluding hydrogens is 524 g/mol. The van der Waals surface area contributed by atoms with E-state index < -0.39 is 0 Å². The van der Waals surface area contributed by atoms with E-state index in [-0.39, 0.29) is 21.9 Å². The van der Waals surface area contributed by atoms with Gasteiger partial charge in [0.25, 0.3) is 0 Å². The maximum atomic E-state index is 6.07. The van der Waals surface area contributed by atoms with Gasteiger partial charge in [0, 0.05) is 40.8 Å². The van der Waals surface area contributed by atoms with Crippen LogP contribution in [0.4, 0.5) is 0 Å². The molecule has 0 atom stereocenters. The molecule has 4 rings (SSSR count). The van der Waals surface area contributed by atoms with Crippen molar-refractivity contribution in [1.82, 2.24) is 29.4 Å². The molecule has 4 aromatic rings. The summed E-state index contributed by atoms with van der Waals surface area (Å²) in [7, 11) is 0. The Morgan fingerprint density at radius 3 is 1.76 bits per heavy atom. The SMILES string of the molecule is CC(C)(C)NCCOc1ccc2nc(C(C)(C)CC(C)(C)NCCCOc3ccc4nc(C(C)(C)C)cn4c3)cn2c1. The van der Waals surface area contributed by atoms with Crippen molar-refractivity contribution in [3.63, 3.8) is 0 Å². The van der Waals surface area contributed by atoms with Gasteiger partial charge in [0.05, 0.1) is 30.4 Å². The van der Waals surface area contributed by atoms with E-state index >= 15 is 0 Å². The number of pyridine rings is 2. The third kappa shape index (κ3) is 8.71. The molecule has 2 N–H and O–H groups in total. The average Bonchev–Trinajstić information content (AvgIpc) is 3.49. The molecule has 0 amide bonds. The molecule has 8 nitrogen and oxygen atoms in total. The number of hydrogen-bond donors (Lipinski definition) is 2. The molecule has 0 bridgehead atoms. The fourth-order valence-corrected chi connectivity index (χ4v) is 5.34. The standard InChI is InChI=1S/C34H52N6O2/c1-31(2,3)27-22-39-20-25(12-14-29(39)37-27)41-18-11-16-36-34(9,10)24-33(7,8)28-23-40-21-26(13-15-30(40)38-28)42-19-17-35-32(4,5)6/h12-15,20-23,35-36H,11,16-19,24H2,1-10H3. The van der Waals surface area contributed by atoms with Crippen molar-refractivity contribution < 1.29 is 9.47 Å². The van der Waals surface area contributed by atoms with Gasteiger partial charge in [-0.1, -0.05) is 34.6 Å². The molecule has 0 spiro atoms. The molecule has 0 saturated carbocycles. The lowest BCUT2D eigenvalue weighted by Crippen LogP contribution is -2.44. The van der Waals surface area contributed by atoms with Gasteiger partial charge in [-0.2, -0.15) is 0 Å². The first-order chi connectivity index (χ1) is 19.5. The lowest BCUT2D eigenvalue weighted by atomic mass is 9.78. The summed E-state index contributed by atoms with van der Waals surface area (Å²) < 4.78 is 16.2. The van der Waals surface area contributed by atoms with Gasteiger partial charge in [-0.25, -0.2) is 9.97 Å². The van der Waals surface area contributed by atoms with Crippen LogP contribution in [0.5, 0.6) is 11.5 Å². The van der Waals surface area contributed by atoms with E-state index in [1.54, 1.807) is 0 Å². The summed E-state index contributed by atoms with van der Waals surface area (Å²) in [6, 6.07) is 8.06. The van der Waals surface area contributed by atoms with Crippen LogP contribution in [0.15, 0.2) is 49.1 Å². The summed E-state index contributed by atoms with van der Waals surface area (Å²) in [6.07, 6.45) is 10.1. The highest BCUT2D eigenvalue weighted by molar-refractivity contribution is 5.45. The maximum Gasteiger partial charge on any atom is 0.137 e. The Morgan fingerprint density at radius 2 is 1.19 bits per heavy atom. The molecule has 0 radical (unpaired) electrons. The first-order valence-corrected chi connectivity index (χ1v) is 15.3. The lowest BCUT2D eigenvalue weighted by Gasteiger charge is -2.35. The highest BCUT2D eigenvalue weighted by Gasteiger charge is 2.32. The van der Waals surface area contributed by atoms with Crippen LogP contribution in [0.1, 0.15) is 93.5 Å². The van der Waals surface area contributed by atoms with Crippen LogP contribution in [-0.2, 0) is 10.8 Å². The number of imidazole rings is 2. The summed E-state index contributed by atoms with van der Waals surface area (Å²) in [6.45, 7) is 25.0. The highest BCUT2D eigenvalue weighted by atomic mass is 16.5. The molecule has 4 aromatic heterocycles. The Balaban J connectivity index is 1.26. The summed E-state index contributed by atoms with van der Waals surface area (Å²) in [5, 5.41) is 7.20. The Labute approximate surface area is 252 Å². The van der Waals surface area contributed by atoms with Gasteiger partial charge in [-0.15, -0.1) is 0 Å². The van der Waals surface area contributed by atoms with Gasteiger partial charge < -0.3 is 28.9 Å². The minimum absolute atomic E-state index is 0.0213. The van der Waals surface area contributed by atoms with Gasteiger partial charge in [0.2, 0.25) is 0 Å². The third-order valence-corrected chi connectivity index (χ3v) is 7.41. The minimum Gasteiger partial charge on any atom is -0.492 e. The van der Waals surface area contributed by atoms with E-state index in [9.17, 15) is 0 Å². The number of fused-ring (bicyclic) bond motifs is 2. The van der Waals surface area contributed by atoms with Gasteiger partial charge in [-0.05, 0) is 78.3 Å². The van der Waals surface area contributed by atoms with Gasteiger partial charge >= 0.3 is 0 Å². The van der Waals surface area contributed by atoms with Crippen molar-refractivity contribution >= 4 is 11.3 Å². The summed E-state index contributed by atoms with van der Waals surface area (Å²) in [5.74, 6) is 1.71. The number of aromatic nitrogens is 4. The van der Waals surface area contributed by atoms with Crippen LogP contribution in [0.3, 0.4) is 0 Å². The molecule has 42 heavy (non-hydrogen) atoms. The van der Waals surface area contributed by atoms with Crippen molar-refractivity contribution in [3.05, 3.63) is 60.4 Å². The number of nitrogens with zero attached hydrogens (tertiary/aromatic N) is 4. The van der Waals surface area contributed by atoms with Crippen molar-refractivity contribution in [2.24, 2.45) is 0 Å². The number of nitrogens with one attached hydrogen (secondary N) is 2. The molecule has 8 heteroatoms. The summed E-state index contributed by atoms with van der Waals surface area (Å²) in [5.41, 5.74) is 3.98. The molecule has 0 saturated heterocycles. The average molecular weight is 577 g/mol. The second kappa shape index (κ2) is 12.3. The summed E-state index contributed by atoms with van der Waals surface area (Å²) in [4.78, 5) is 9.69. The Bertz CT molecular complexity index is 1470. The Kier molecular flexibility index (Phi) is 9.28. The lowest BCUT2D eigenvalue weighted by molar-refractivity contribution is 0.263. The van der Waals surface area contributed by atoms with Crippen LogP contribution in [0.2, 0.25) is 0 Å². The highest BCUT2D eigenvalue weighted by Crippen LogP contribution is 2.32. The van der Waals surface area contributed by atoms with Crippen LogP contribution in [0, 0.1) is 0 Å². The number of rotatable bonds is 13. The van der Waals surface area contributed by atoms with Crippen LogP contribution >= 0.6 is 0 Å². The first-order valence-electron chi connectivity index (χ1n) is 15.3. The first kappa shape index (κ1) is 31.8. The van der Waals surface area contributed by atoms with Crippen molar-refractivity contribution in [2.75, 3.05) is 26.3 Å². The molecule has 230 valence electrons. The predicted octanol–water partition coefficient (Wildman–Crippen LogP) is 6.55. The monoisotopic (exact) mass is 576 g/mol. The zero-order chi connectivity index (χ0) is 30.8. The Hall–Kier alpha value is -3.10. The molecule has 0 aliphatic heterocycles. The zero-order valence-electron chi connectivity index (χ0n) is 27.5. The van der Waals surface area contributed by atoms with E-state index in [1.807, 2.05) is 36.7 Å². The molecular formula is C34H52N6O2. The number of hydrogen-bond acceptors (Lipinski definition) is 6. The van der Waals surface area contributed by atoms with Crippen molar-refractivity contribution in [1.29, 1.82) is 0 Å². The quantitative estimate of drug-likeness (QED) is 0.176. The summed E-state index contributed by atoms with van der Waals surface area (Å²) >= 11 is 0. The van der Waals surface area contributed by atoms with Crippen LogP contribution in [0.25, 0.3) is 11.3 Å². The Morgan fingerprint density at radius 1 is 0.643 bits per heavy atom. The van der Waals surface area contributed by atoms with Crippen molar-refractivity contribution in [3.8, 4) is 11.5 Å². The van der Waals surface area contributed by atoms with E-state index in [0.29, 0.717) is 13.2 Å². The molecule has 0 aromatic carbocycles. The van der Waals surface area contributed by atoms with Gasteiger partial charge in [0.15, 0.2) is 0 Å². The minimum atomic E-state index is -0.108. The normalized spacial score (nSPS) is 13.3. The number of ether oxygens (including phenoxy) is 2. The fourth-order valence-electron chi connectivity index (χ4n) is 5.34. The van der Waals surface area contributed by atoms with E-state index in [2.05, 4.69) is 101 Å². The van der Waals surface area contributed by atoms with E-state index in [1.165, 1.54) is 0 Å². The fraction of sp³-hybridized carbons (Fsp3) is 0.588.